The quantitative estimate of drug-likeness (QED) is 0.556. The van der Waals surface area contributed by atoms with Crippen LogP contribution in [-0.4, -0.2) is 29.0 Å². The van der Waals surface area contributed by atoms with Crippen LogP contribution in [0.4, 0.5) is 24.7 Å². The third-order valence-electron chi connectivity index (χ3n) is 5.63. The highest BCUT2D eigenvalue weighted by atomic mass is 19.4. The lowest BCUT2D eigenvalue weighted by atomic mass is 9.96. The number of aryl methyl sites for hydroxylation is 1. The average Bonchev–Trinajstić information content (AvgIpc) is 3.22. The van der Waals surface area contributed by atoms with E-state index in [2.05, 4.69) is 15.7 Å². The van der Waals surface area contributed by atoms with E-state index in [0.717, 1.165) is 10.2 Å². The maximum Gasteiger partial charge on any atom is 0.410 e. The van der Waals surface area contributed by atoms with Gasteiger partial charge >= 0.3 is 6.18 Å². The van der Waals surface area contributed by atoms with Gasteiger partial charge < -0.3 is 15.4 Å². The molecule has 0 bridgehead atoms. The number of hydrogen-bond donors (Lipinski definition) is 2. The third-order valence-corrected chi connectivity index (χ3v) is 5.63. The predicted molar refractivity (Wildman–Crippen MR) is 115 cm³/mol. The molecule has 1 aliphatic heterocycles. The smallest absolute Gasteiger partial charge is 0.410 e. The average molecular weight is 444 g/mol. The number of para-hydroxylation sites is 1. The number of carbonyl (C=O) groups is 1. The fourth-order valence-electron chi connectivity index (χ4n) is 3.95. The molecule has 32 heavy (non-hydrogen) atoms. The Labute approximate surface area is 183 Å². The van der Waals surface area contributed by atoms with Gasteiger partial charge in [-0.15, -0.1) is 0 Å². The largest absolute Gasteiger partial charge is 0.497 e. The van der Waals surface area contributed by atoms with Gasteiger partial charge in [0.25, 0.3) is 5.91 Å². The minimum atomic E-state index is -4.53. The molecule has 0 fully saturated rings. The summed E-state index contributed by atoms with van der Waals surface area (Å²) in [5.74, 6) is 0.0609. The molecular weight excluding hydrogens is 421 g/mol. The van der Waals surface area contributed by atoms with E-state index in [-0.39, 0.29) is 17.8 Å². The lowest BCUT2D eigenvalue weighted by Crippen LogP contribution is -2.36. The lowest BCUT2D eigenvalue weighted by molar-refractivity contribution is -0.173. The summed E-state index contributed by atoms with van der Waals surface area (Å²) in [7, 11) is 1.50. The minimum absolute atomic E-state index is 0.0397. The number of carbonyl (C=O) groups excluding carboxylic acids is 1. The van der Waals surface area contributed by atoms with Crippen molar-refractivity contribution in [3.63, 3.8) is 0 Å². The zero-order valence-electron chi connectivity index (χ0n) is 17.6. The van der Waals surface area contributed by atoms with Crippen LogP contribution in [0, 0.1) is 0 Å². The van der Waals surface area contributed by atoms with Crippen LogP contribution in [0.15, 0.2) is 54.7 Å². The number of ether oxygens (including phenoxy) is 1. The Hall–Kier alpha value is -3.49. The van der Waals surface area contributed by atoms with Crippen LogP contribution in [0.1, 0.15) is 46.9 Å². The summed E-state index contributed by atoms with van der Waals surface area (Å²) in [5.41, 5.74) is 2.23. The first-order valence-corrected chi connectivity index (χ1v) is 10.3. The SMILES string of the molecule is CCc1ccccc1NC(=O)c1cnn2c1NC(c1cccc(OC)c1)CC2C(F)(F)F. The molecule has 2 N–H and O–H groups in total. The molecule has 6 nitrogen and oxygen atoms in total. The van der Waals surface area contributed by atoms with Gasteiger partial charge in [0.2, 0.25) is 0 Å². The second-order valence-electron chi connectivity index (χ2n) is 7.58. The van der Waals surface area contributed by atoms with Crippen LogP contribution in [0.25, 0.3) is 0 Å². The molecule has 1 aliphatic rings. The molecule has 2 aromatic carbocycles. The van der Waals surface area contributed by atoms with Crippen LogP contribution >= 0.6 is 0 Å². The minimum Gasteiger partial charge on any atom is -0.497 e. The highest BCUT2D eigenvalue weighted by molar-refractivity contribution is 6.07. The number of rotatable bonds is 5. The number of hydrogen-bond acceptors (Lipinski definition) is 4. The molecule has 0 radical (unpaired) electrons. The van der Waals surface area contributed by atoms with Crippen LogP contribution in [0.3, 0.4) is 0 Å². The number of amides is 1. The van der Waals surface area contributed by atoms with Gasteiger partial charge in [0, 0.05) is 12.1 Å². The molecule has 9 heteroatoms. The summed E-state index contributed by atoms with van der Waals surface area (Å²) >= 11 is 0. The summed E-state index contributed by atoms with van der Waals surface area (Å²) < 4.78 is 47.8. The van der Waals surface area contributed by atoms with Crippen molar-refractivity contribution < 1.29 is 22.7 Å². The van der Waals surface area contributed by atoms with E-state index in [1.54, 1.807) is 36.4 Å². The van der Waals surface area contributed by atoms with Gasteiger partial charge in [-0.25, -0.2) is 4.68 Å². The van der Waals surface area contributed by atoms with E-state index in [1.165, 1.54) is 13.3 Å². The van der Waals surface area contributed by atoms with Crippen molar-refractivity contribution in [2.75, 3.05) is 17.7 Å². The van der Waals surface area contributed by atoms with E-state index in [4.69, 9.17) is 4.74 Å². The normalized spacial score (nSPS) is 17.9. The highest BCUT2D eigenvalue weighted by Crippen LogP contribution is 2.44. The van der Waals surface area contributed by atoms with Crippen molar-refractivity contribution in [1.29, 1.82) is 0 Å². The monoisotopic (exact) mass is 444 g/mol. The number of aromatic nitrogens is 2. The van der Waals surface area contributed by atoms with Crippen LogP contribution in [0.2, 0.25) is 0 Å². The summed E-state index contributed by atoms with van der Waals surface area (Å²) in [4.78, 5) is 13.0. The van der Waals surface area contributed by atoms with Crippen molar-refractivity contribution >= 4 is 17.4 Å². The first-order chi connectivity index (χ1) is 15.3. The summed E-state index contributed by atoms with van der Waals surface area (Å²) in [6.45, 7) is 1.96. The zero-order chi connectivity index (χ0) is 22.9. The third kappa shape index (κ3) is 4.15. The number of nitrogens with one attached hydrogen (secondary N) is 2. The van der Waals surface area contributed by atoms with Gasteiger partial charge in [-0.2, -0.15) is 18.3 Å². The van der Waals surface area contributed by atoms with Crippen LogP contribution in [-0.2, 0) is 6.42 Å². The highest BCUT2D eigenvalue weighted by Gasteiger charge is 2.47. The molecule has 2 heterocycles. The molecule has 1 amide bonds. The first kappa shape index (κ1) is 21.7. The van der Waals surface area contributed by atoms with E-state index in [9.17, 15) is 18.0 Å². The number of halogens is 3. The summed E-state index contributed by atoms with van der Waals surface area (Å²) in [6.07, 6.45) is -2.90. The number of fused-ring (bicyclic) bond motifs is 1. The van der Waals surface area contributed by atoms with Crippen molar-refractivity contribution in [3.8, 4) is 5.75 Å². The van der Waals surface area contributed by atoms with Gasteiger partial charge in [0.1, 0.15) is 17.1 Å². The molecule has 4 rings (SSSR count). The maximum absolute atomic E-state index is 13.9. The Morgan fingerprint density at radius 3 is 2.75 bits per heavy atom. The fraction of sp³-hybridized carbons (Fsp3) is 0.304. The Balaban J connectivity index is 1.70. The lowest BCUT2D eigenvalue weighted by Gasteiger charge is -2.34. The number of benzene rings is 2. The molecule has 0 spiro atoms. The molecule has 2 unspecified atom stereocenters. The van der Waals surface area contributed by atoms with E-state index >= 15 is 0 Å². The molecule has 0 saturated carbocycles. The topological polar surface area (TPSA) is 68.2 Å². The molecule has 3 aromatic rings. The van der Waals surface area contributed by atoms with Crippen LogP contribution in [0.5, 0.6) is 5.75 Å². The second-order valence-corrected chi connectivity index (χ2v) is 7.58. The van der Waals surface area contributed by atoms with Gasteiger partial charge in [0.05, 0.1) is 19.3 Å². The molecule has 2 atom stereocenters. The van der Waals surface area contributed by atoms with Crippen molar-refractivity contribution in [3.05, 3.63) is 71.4 Å². The molecule has 168 valence electrons. The van der Waals surface area contributed by atoms with Crippen molar-refractivity contribution in [1.82, 2.24) is 9.78 Å². The van der Waals surface area contributed by atoms with Gasteiger partial charge in [-0.05, 0) is 35.7 Å². The summed E-state index contributed by atoms with van der Waals surface area (Å²) in [5, 5.41) is 9.82. The Morgan fingerprint density at radius 1 is 1.25 bits per heavy atom. The summed E-state index contributed by atoms with van der Waals surface area (Å²) in [6, 6.07) is 11.6. The molecular formula is C23H23F3N4O2. The van der Waals surface area contributed by atoms with E-state index in [1.807, 2.05) is 19.1 Å². The van der Waals surface area contributed by atoms with Crippen LogP contribution < -0.4 is 15.4 Å². The van der Waals surface area contributed by atoms with E-state index < -0.39 is 24.2 Å². The van der Waals surface area contributed by atoms with Crippen molar-refractivity contribution in [2.45, 2.75) is 38.0 Å². The van der Waals surface area contributed by atoms with E-state index in [0.29, 0.717) is 23.4 Å². The van der Waals surface area contributed by atoms with Gasteiger partial charge in [-0.1, -0.05) is 37.3 Å². The Bertz CT molecular complexity index is 1130. The molecule has 0 aliphatic carbocycles. The Morgan fingerprint density at radius 2 is 2.03 bits per heavy atom. The maximum atomic E-state index is 13.9. The first-order valence-electron chi connectivity index (χ1n) is 10.3. The number of alkyl halides is 3. The number of methoxy groups -OCH3 is 1. The van der Waals surface area contributed by atoms with Crippen molar-refractivity contribution in [2.24, 2.45) is 0 Å². The van der Waals surface area contributed by atoms with Gasteiger partial charge in [-0.3, -0.25) is 4.79 Å². The standard InChI is InChI=1S/C23H23F3N4O2/c1-3-14-7-4-5-10-18(14)29-22(31)17-13-27-30-20(23(24,25)26)12-19(28-21(17)30)15-8-6-9-16(11-15)32-2/h4-11,13,19-20,28H,3,12H2,1-2H3,(H,29,31). The fourth-order valence-corrected chi connectivity index (χ4v) is 3.95. The number of anilines is 2. The Kier molecular flexibility index (Phi) is 5.82. The molecule has 0 saturated heterocycles. The zero-order valence-corrected chi connectivity index (χ0v) is 17.6. The number of nitrogens with zero attached hydrogens (tertiary/aromatic N) is 2. The molecule has 1 aromatic heterocycles. The predicted octanol–water partition coefficient (Wildman–Crippen LogP) is 5.37. The van der Waals surface area contributed by atoms with Gasteiger partial charge in [0.15, 0.2) is 6.04 Å². The second kappa shape index (κ2) is 8.57.